The molecule has 4 rings (SSSR count). The van der Waals surface area contributed by atoms with Gasteiger partial charge in [0.15, 0.2) is 0 Å². The van der Waals surface area contributed by atoms with Crippen molar-refractivity contribution in [2.75, 3.05) is 26.2 Å². The smallest absolute Gasteiger partial charge is 0.224 e. The van der Waals surface area contributed by atoms with Gasteiger partial charge in [-0.15, -0.1) is 0 Å². The number of aliphatic hydroxyl groups is 1. The van der Waals surface area contributed by atoms with Crippen molar-refractivity contribution < 1.29 is 9.90 Å². The van der Waals surface area contributed by atoms with Crippen molar-refractivity contribution in [3.05, 3.63) is 35.4 Å². The molecule has 1 saturated carbocycles. The molecule has 148 valence electrons. The summed E-state index contributed by atoms with van der Waals surface area (Å²) >= 11 is 0. The topological polar surface area (TPSA) is 43.8 Å². The average molecular weight is 371 g/mol. The van der Waals surface area contributed by atoms with Gasteiger partial charge in [-0.1, -0.05) is 43.5 Å². The van der Waals surface area contributed by atoms with E-state index in [1.165, 1.54) is 43.2 Å². The second-order valence-corrected chi connectivity index (χ2v) is 8.64. The van der Waals surface area contributed by atoms with Gasteiger partial charge in [0.1, 0.15) is 0 Å². The SMILES string of the molecule is O=C(CCN1CCC[C@@H]1CO)N1CCc2ccccc2C1C1CCCCC1. The van der Waals surface area contributed by atoms with Crippen LogP contribution >= 0.6 is 0 Å². The Hall–Kier alpha value is -1.39. The van der Waals surface area contributed by atoms with Crippen molar-refractivity contribution in [2.45, 2.75) is 69.9 Å². The summed E-state index contributed by atoms with van der Waals surface area (Å²) in [5.74, 6) is 0.921. The first-order valence-electron chi connectivity index (χ1n) is 11.0. The van der Waals surface area contributed by atoms with Gasteiger partial charge in [0.05, 0.1) is 12.6 Å². The molecule has 1 aromatic rings. The minimum absolute atomic E-state index is 0.218. The summed E-state index contributed by atoms with van der Waals surface area (Å²) in [7, 11) is 0. The molecule has 0 radical (unpaired) electrons. The van der Waals surface area contributed by atoms with Crippen molar-refractivity contribution in [3.8, 4) is 0 Å². The van der Waals surface area contributed by atoms with Crippen molar-refractivity contribution in [2.24, 2.45) is 5.92 Å². The maximum absolute atomic E-state index is 13.2. The number of likely N-dealkylation sites (tertiary alicyclic amines) is 1. The van der Waals surface area contributed by atoms with Gasteiger partial charge in [0, 0.05) is 25.6 Å². The van der Waals surface area contributed by atoms with E-state index in [0.29, 0.717) is 18.2 Å². The third-order valence-corrected chi connectivity index (χ3v) is 7.07. The van der Waals surface area contributed by atoms with Gasteiger partial charge in [-0.3, -0.25) is 9.69 Å². The number of amides is 1. The monoisotopic (exact) mass is 370 g/mol. The number of carbonyl (C=O) groups excluding carboxylic acids is 1. The lowest BCUT2D eigenvalue weighted by Gasteiger charge is -2.43. The molecule has 1 saturated heterocycles. The summed E-state index contributed by atoms with van der Waals surface area (Å²) in [6, 6.07) is 9.32. The van der Waals surface area contributed by atoms with E-state index in [4.69, 9.17) is 0 Å². The number of rotatable bonds is 5. The highest BCUT2D eigenvalue weighted by atomic mass is 16.3. The molecule has 1 aromatic carbocycles. The van der Waals surface area contributed by atoms with Crippen LogP contribution in [0, 0.1) is 5.92 Å². The Balaban J connectivity index is 1.48. The Morgan fingerprint density at radius 2 is 1.85 bits per heavy atom. The Labute approximate surface area is 163 Å². The molecule has 2 fully saturated rings. The van der Waals surface area contributed by atoms with Crippen LogP contribution in [0.25, 0.3) is 0 Å². The maximum atomic E-state index is 13.2. The summed E-state index contributed by atoms with van der Waals surface area (Å²) in [6.45, 7) is 2.89. The Morgan fingerprint density at radius 3 is 2.67 bits per heavy atom. The van der Waals surface area contributed by atoms with Gasteiger partial charge >= 0.3 is 0 Å². The van der Waals surface area contributed by atoms with E-state index < -0.39 is 0 Å². The molecule has 27 heavy (non-hydrogen) atoms. The van der Waals surface area contributed by atoms with E-state index in [1.807, 2.05) is 0 Å². The standard InChI is InChI=1S/C23H34N2O2/c26-17-20-10-6-14-24(20)15-13-22(27)25-16-12-18-7-4-5-11-21(18)23(25)19-8-2-1-3-9-19/h4-5,7,11,19-20,23,26H,1-3,6,8-10,12-17H2/t20-,23?/m1/s1. The van der Waals surface area contributed by atoms with Crippen LogP contribution in [0.4, 0.5) is 0 Å². The number of nitrogens with zero attached hydrogens (tertiary/aromatic N) is 2. The van der Waals surface area contributed by atoms with Crippen molar-refractivity contribution in [1.82, 2.24) is 9.80 Å². The molecule has 1 unspecified atom stereocenters. The summed E-state index contributed by atoms with van der Waals surface area (Å²) in [4.78, 5) is 17.8. The van der Waals surface area contributed by atoms with E-state index in [9.17, 15) is 9.90 Å². The predicted octanol–water partition coefficient (Wildman–Crippen LogP) is 3.54. The van der Waals surface area contributed by atoms with E-state index in [0.717, 1.165) is 38.9 Å². The molecule has 3 aliphatic rings. The van der Waals surface area contributed by atoms with Gasteiger partial charge in [-0.25, -0.2) is 0 Å². The minimum atomic E-state index is 0.218. The molecular formula is C23H34N2O2. The summed E-state index contributed by atoms with van der Waals surface area (Å²) in [5.41, 5.74) is 2.84. The highest BCUT2D eigenvalue weighted by molar-refractivity contribution is 5.77. The van der Waals surface area contributed by atoms with Crippen LogP contribution in [0.3, 0.4) is 0 Å². The molecule has 0 aromatic heterocycles. The fourth-order valence-corrected chi connectivity index (χ4v) is 5.62. The summed E-state index contributed by atoms with van der Waals surface area (Å²) in [5, 5.41) is 9.53. The second-order valence-electron chi connectivity index (χ2n) is 8.64. The number of hydrogen-bond acceptors (Lipinski definition) is 3. The lowest BCUT2D eigenvalue weighted by Crippen LogP contribution is -2.45. The van der Waals surface area contributed by atoms with Gasteiger partial charge in [0.2, 0.25) is 5.91 Å². The molecular weight excluding hydrogens is 336 g/mol. The second kappa shape index (κ2) is 8.74. The number of carbonyl (C=O) groups is 1. The molecule has 2 atom stereocenters. The van der Waals surface area contributed by atoms with Gasteiger partial charge in [-0.2, -0.15) is 0 Å². The van der Waals surface area contributed by atoms with Gasteiger partial charge in [0.25, 0.3) is 0 Å². The summed E-state index contributed by atoms with van der Waals surface area (Å²) in [6.07, 6.45) is 10.2. The van der Waals surface area contributed by atoms with Crippen LogP contribution in [-0.2, 0) is 11.2 Å². The molecule has 0 spiro atoms. The van der Waals surface area contributed by atoms with Crippen LogP contribution in [0.2, 0.25) is 0 Å². The lowest BCUT2D eigenvalue weighted by atomic mass is 9.77. The van der Waals surface area contributed by atoms with Crippen LogP contribution in [0.15, 0.2) is 24.3 Å². The van der Waals surface area contributed by atoms with Crippen LogP contribution in [0.1, 0.15) is 68.5 Å². The Kier molecular flexibility index (Phi) is 6.14. The number of aliphatic hydroxyl groups excluding tert-OH is 1. The molecule has 1 amide bonds. The normalized spacial score (nSPS) is 26.9. The zero-order valence-corrected chi connectivity index (χ0v) is 16.5. The van der Waals surface area contributed by atoms with Crippen LogP contribution < -0.4 is 0 Å². The highest BCUT2D eigenvalue weighted by Crippen LogP contribution is 2.42. The average Bonchev–Trinajstić information content (AvgIpc) is 3.19. The van der Waals surface area contributed by atoms with Crippen molar-refractivity contribution in [3.63, 3.8) is 0 Å². The first-order chi connectivity index (χ1) is 13.3. The molecule has 4 heteroatoms. The third-order valence-electron chi connectivity index (χ3n) is 7.07. The first kappa shape index (κ1) is 18.9. The van der Waals surface area contributed by atoms with E-state index >= 15 is 0 Å². The van der Waals surface area contributed by atoms with E-state index in [1.54, 1.807) is 0 Å². The molecule has 4 nitrogen and oxygen atoms in total. The quantitative estimate of drug-likeness (QED) is 0.862. The first-order valence-corrected chi connectivity index (χ1v) is 11.0. The van der Waals surface area contributed by atoms with Gasteiger partial charge < -0.3 is 10.0 Å². The van der Waals surface area contributed by atoms with Crippen LogP contribution in [0.5, 0.6) is 0 Å². The lowest BCUT2D eigenvalue weighted by molar-refractivity contribution is -0.136. The number of fused-ring (bicyclic) bond motifs is 1. The number of hydrogen-bond donors (Lipinski definition) is 1. The Morgan fingerprint density at radius 1 is 1.04 bits per heavy atom. The molecule has 1 N–H and O–H groups in total. The highest BCUT2D eigenvalue weighted by Gasteiger charge is 2.36. The summed E-state index contributed by atoms with van der Waals surface area (Å²) < 4.78 is 0. The van der Waals surface area contributed by atoms with Gasteiger partial charge in [-0.05, 0) is 55.7 Å². The molecule has 0 bridgehead atoms. The molecule has 1 aliphatic carbocycles. The maximum Gasteiger partial charge on any atom is 0.224 e. The number of benzene rings is 1. The van der Waals surface area contributed by atoms with E-state index in [2.05, 4.69) is 34.1 Å². The predicted molar refractivity (Wildman–Crippen MR) is 107 cm³/mol. The fraction of sp³-hybridized carbons (Fsp3) is 0.696. The third kappa shape index (κ3) is 4.07. The zero-order chi connectivity index (χ0) is 18.6. The van der Waals surface area contributed by atoms with Crippen molar-refractivity contribution in [1.29, 1.82) is 0 Å². The largest absolute Gasteiger partial charge is 0.395 e. The van der Waals surface area contributed by atoms with Crippen molar-refractivity contribution >= 4 is 5.91 Å². The molecule has 2 aliphatic heterocycles. The zero-order valence-electron chi connectivity index (χ0n) is 16.5. The minimum Gasteiger partial charge on any atom is -0.395 e. The molecule has 2 heterocycles. The fourth-order valence-electron chi connectivity index (χ4n) is 5.62. The Bertz CT molecular complexity index is 641. The van der Waals surface area contributed by atoms with E-state index in [-0.39, 0.29) is 18.7 Å². The van der Waals surface area contributed by atoms with Crippen LogP contribution in [-0.4, -0.2) is 53.1 Å².